The Balaban J connectivity index is 1.43. The number of amides is 2. The van der Waals surface area contributed by atoms with E-state index in [-0.39, 0.29) is 17.7 Å². The number of nitrogens with zero attached hydrogens (tertiary/aromatic N) is 2. The first-order valence-electron chi connectivity index (χ1n) is 9.23. The van der Waals surface area contributed by atoms with Crippen LogP contribution in [-0.4, -0.2) is 34.3 Å². The van der Waals surface area contributed by atoms with Crippen LogP contribution in [0.25, 0.3) is 11.3 Å². The number of aryl methyl sites for hydroxylation is 1. The van der Waals surface area contributed by atoms with Crippen LogP contribution in [0.4, 0.5) is 5.69 Å². The van der Waals surface area contributed by atoms with Crippen molar-refractivity contribution in [3.8, 4) is 11.3 Å². The summed E-state index contributed by atoms with van der Waals surface area (Å²) < 4.78 is 0. The van der Waals surface area contributed by atoms with Crippen LogP contribution in [0, 0.1) is 12.8 Å². The molecule has 4 rings (SSSR count). The van der Waals surface area contributed by atoms with Crippen LogP contribution in [-0.2, 0) is 9.59 Å². The van der Waals surface area contributed by atoms with E-state index in [2.05, 4.69) is 10.3 Å². The van der Waals surface area contributed by atoms with Gasteiger partial charge in [0.05, 0.1) is 16.6 Å². The van der Waals surface area contributed by atoms with Crippen LogP contribution < -0.4 is 5.32 Å². The molecule has 1 saturated heterocycles. The SMILES string of the molecule is Cc1nc(-c2cccc(NC(=O)[C@H]3CC(=O)N(C4CCCC4)C3)c2)cs1. The van der Waals surface area contributed by atoms with Crippen molar-refractivity contribution in [1.82, 2.24) is 9.88 Å². The quantitative estimate of drug-likeness (QED) is 0.890. The van der Waals surface area contributed by atoms with Crippen LogP contribution >= 0.6 is 11.3 Å². The maximum atomic E-state index is 12.7. The zero-order valence-corrected chi connectivity index (χ0v) is 15.7. The van der Waals surface area contributed by atoms with Gasteiger partial charge in [-0.3, -0.25) is 9.59 Å². The Morgan fingerprint density at radius 1 is 1.31 bits per heavy atom. The largest absolute Gasteiger partial charge is 0.339 e. The molecule has 1 aliphatic heterocycles. The molecule has 0 radical (unpaired) electrons. The fraction of sp³-hybridized carbons (Fsp3) is 0.450. The Morgan fingerprint density at radius 2 is 2.12 bits per heavy atom. The Hall–Kier alpha value is -2.21. The molecule has 1 atom stereocenters. The summed E-state index contributed by atoms with van der Waals surface area (Å²) in [7, 11) is 0. The van der Waals surface area contributed by atoms with E-state index in [1.165, 1.54) is 12.8 Å². The molecule has 1 N–H and O–H groups in total. The minimum absolute atomic E-state index is 0.0644. The lowest BCUT2D eigenvalue weighted by Gasteiger charge is -2.23. The van der Waals surface area contributed by atoms with E-state index in [0.717, 1.165) is 34.8 Å². The number of aromatic nitrogens is 1. The number of nitrogens with one attached hydrogen (secondary N) is 1. The topological polar surface area (TPSA) is 62.3 Å². The normalized spacial score (nSPS) is 20.7. The molecule has 5 nitrogen and oxygen atoms in total. The molecular weight excluding hydrogens is 346 g/mol. The zero-order valence-electron chi connectivity index (χ0n) is 14.9. The molecular formula is C20H23N3O2S. The number of anilines is 1. The minimum atomic E-state index is -0.256. The maximum Gasteiger partial charge on any atom is 0.229 e. The second-order valence-corrected chi connectivity index (χ2v) is 8.27. The van der Waals surface area contributed by atoms with Crippen LogP contribution in [0.2, 0.25) is 0 Å². The van der Waals surface area contributed by atoms with Gasteiger partial charge in [0, 0.05) is 35.6 Å². The average Bonchev–Trinajstić information content (AvgIpc) is 3.35. The van der Waals surface area contributed by atoms with Gasteiger partial charge in [0.2, 0.25) is 11.8 Å². The summed E-state index contributed by atoms with van der Waals surface area (Å²) in [5.74, 6) is -0.192. The molecule has 0 spiro atoms. The molecule has 136 valence electrons. The summed E-state index contributed by atoms with van der Waals surface area (Å²) in [4.78, 5) is 31.4. The highest BCUT2D eigenvalue weighted by Gasteiger charge is 2.38. The molecule has 2 aliphatic rings. The standard InChI is InChI=1S/C20H23N3O2S/c1-13-21-18(12-26-13)14-5-4-6-16(9-14)22-20(25)15-10-19(24)23(11-15)17-7-2-3-8-17/h4-6,9,12,15,17H,2-3,7-8,10-11H2,1H3,(H,22,25)/t15-/m0/s1. The Morgan fingerprint density at radius 3 is 2.85 bits per heavy atom. The van der Waals surface area contributed by atoms with Crippen molar-refractivity contribution in [2.24, 2.45) is 5.92 Å². The first-order chi connectivity index (χ1) is 12.6. The molecule has 1 aliphatic carbocycles. The van der Waals surface area contributed by atoms with E-state index < -0.39 is 0 Å². The zero-order chi connectivity index (χ0) is 18.1. The van der Waals surface area contributed by atoms with Gasteiger partial charge in [-0.2, -0.15) is 0 Å². The monoisotopic (exact) mass is 369 g/mol. The number of thiazole rings is 1. The lowest BCUT2D eigenvalue weighted by atomic mass is 10.1. The van der Waals surface area contributed by atoms with Gasteiger partial charge in [-0.1, -0.05) is 25.0 Å². The van der Waals surface area contributed by atoms with Crippen molar-refractivity contribution >= 4 is 28.8 Å². The van der Waals surface area contributed by atoms with Gasteiger partial charge >= 0.3 is 0 Å². The summed E-state index contributed by atoms with van der Waals surface area (Å²) in [5, 5.41) is 6.03. The lowest BCUT2D eigenvalue weighted by Crippen LogP contribution is -2.35. The smallest absolute Gasteiger partial charge is 0.229 e. The highest BCUT2D eigenvalue weighted by molar-refractivity contribution is 7.09. The lowest BCUT2D eigenvalue weighted by molar-refractivity contribution is -0.129. The molecule has 2 fully saturated rings. The number of hydrogen-bond donors (Lipinski definition) is 1. The molecule has 1 saturated carbocycles. The molecule has 2 heterocycles. The second kappa shape index (κ2) is 7.19. The van der Waals surface area contributed by atoms with E-state index in [1.54, 1.807) is 11.3 Å². The van der Waals surface area contributed by atoms with Gasteiger partial charge in [0.1, 0.15) is 0 Å². The van der Waals surface area contributed by atoms with Crippen molar-refractivity contribution in [3.63, 3.8) is 0 Å². The van der Waals surface area contributed by atoms with Gasteiger partial charge < -0.3 is 10.2 Å². The van der Waals surface area contributed by atoms with E-state index >= 15 is 0 Å². The van der Waals surface area contributed by atoms with Crippen LogP contribution in [0.1, 0.15) is 37.1 Å². The summed E-state index contributed by atoms with van der Waals surface area (Å²) in [6.45, 7) is 2.54. The molecule has 6 heteroatoms. The molecule has 2 aromatic rings. The van der Waals surface area contributed by atoms with E-state index in [9.17, 15) is 9.59 Å². The number of carbonyl (C=O) groups excluding carboxylic acids is 2. The average molecular weight is 369 g/mol. The highest BCUT2D eigenvalue weighted by atomic mass is 32.1. The third kappa shape index (κ3) is 3.51. The molecule has 26 heavy (non-hydrogen) atoms. The van der Waals surface area contributed by atoms with Crippen molar-refractivity contribution in [1.29, 1.82) is 0 Å². The fourth-order valence-corrected chi connectivity index (χ4v) is 4.59. The Kier molecular flexibility index (Phi) is 4.76. The van der Waals surface area contributed by atoms with Gasteiger partial charge in [-0.05, 0) is 31.9 Å². The molecule has 2 amide bonds. The number of likely N-dealkylation sites (tertiary alicyclic amines) is 1. The molecule has 0 unspecified atom stereocenters. The summed E-state index contributed by atoms with van der Waals surface area (Å²) >= 11 is 1.61. The number of rotatable bonds is 4. The summed E-state index contributed by atoms with van der Waals surface area (Å²) in [6.07, 6.45) is 4.86. The van der Waals surface area contributed by atoms with Crippen LogP contribution in [0.5, 0.6) is 0 Å². The third-order valence-electron chi connectivity index (χ3n) is 5.34. The van der Waals surface area contributed by atoms with Crippen LogP contribution in [0.15, 0.2) is 29.6 Å². The number of benzene rings is 1. The van der Waals surface area contributed by atoms with Crippen molar-refractivity contribution < 1.29 is 9.59 Å². The highest BCUT2D eigenvalue weighted by Crippen LogP contribution is 2.30. The molecule has 1 aromatic carbocycles. The summed E-state index contributed by atoms with van der Waals surface area (Å²) in [5.41, 5.74) is 2.67. The predicted molar refractivity (Wildman–Crippen MR) is 103 cm³/mol. The van der Waals surface area contributed by atoms with Gasteiger partial charge in [-0.15, -0.1) is 11.3 Å². The second-order valence-electron chi connectivity index (χ2n) is 7.21. The number of carbonyl (C=O) groups is 2. The van der Waals surface area contributed by atoms with Crippen molar-refractivity contribution in [2.45, 2.75) is 45.1 Å². The minimum Gasteiger partial charge on any atom is -0.339 e. The van der Waals surface area contributed by atoms with E-state index in [0.29, 0.717) is 19.0 Å². The predicted octanol–water partition coefficient (Wildman–Crippen LogP) is 3.85. The maximum absolute atomic E-state index is 12.7. The molecule has 1 aromatic heterocycles. The fourth-order valence-electron chi connectivity index (χ4n) is 3.97. The van der Waals surface area contributed by atoms with Crippen molar-refractivity contribution in [2.75, 3.05) is 11.9 Å². The van der Waals surface area contributed by atoms with E-state index in [1.807, 2.05) is 41.5 Å². The molecule has 0 bridgehead atoms. The Labute approximate surface area is 157 Å². The summed E-state index contributed by atoms with van der Waals surface area (Å²) in [6, 6.07) is 8.08. The Bertz CT molecular complexity index is 826. The first-order valence-corrected chi connectivity index (χ1v) is 10.1. The van der Waals surface area contributed by atoms with Crippen molar-refractivity contribution in [3.05, 3.63) is 34.7 Å². The van der Waals surface area contributed by atoms with E-state index in [4.69, 9.17) is 0 Å². The van der Waals surface area contributed by atoms with Gasteiger partial charge in [-0.25, -0.2) is 4.98 Å². The van der Waals surface area contributed by atoms with Crippen LogP contribution in [0.3, 0.4) is 0 Å². The van der Waals surface area contributed by atoms with Gasteiger partial charge in [0.25, 0.3) is 0 Å². The first kappa shape index (κ1) is 17.2. The number of hydrogen-bond acceptors (Lipinski definition) is 4. The van der Waals surface area contributed by atoms with Gasteiger partial charge in [0.15, 0.2) is 0 Å². The third-order valence-corrected chi connectivity index (χ3v) is 6.11.